The number of thioether (sulfide) groups is 1. The summed E-state index contributed by atoms with van der Waals surface area (Å²) in [6.45, 7) is 0. The monoisotopic (exact) mass is 273 g/mol. The highest BCUT2D eigenvalue weighted by atomic mass is 79.9. The first-order valence-corrected chi connectivity index (χ1v) is 6.63. The van der Waals surface area contributed by atoms with Gasteiger partial charge in [0.15, 0.2) is 0 Å². The van der Waals surface area contributed by atoms with Gasteiger partial charge in [-0.05, 0) is 39.7 Å². The van der Waals surface area contributed by atoms with Crippen LogP contribution < -0.4 is 5.73 Å². The SMILES string of the molecule is CSc1c(Br)c(N)cc2sccc12. The van der Waals surface area contributed by atoms with Gasteiger partial charge < -0.3 is 5.73 Å². The Morgan fingerprint density at radius 3 is 3.00 bits per heavy atom. The third kappa shape index (κ3) is 1.47. The van der Waals surface area contributed by atoms with E-state index in [-0.39, 0.29) is 0 Å². The van der Waals surface area contributed by atoms with Crippen molar-refractivity contribution in [2.24, 2.45) is 0 Å². The van der Waals surface area contributed by atoms with Crippen molar-refractivity contribution in [3.8, 4) is 0 Å². The molecule has 68 valence electrons. The second kappa shape index (κ2) is 3.52. The van der Waals surface area contributed by atoms with Crippen molar-refractivity contribution >= 4 is 54.8 Å². The molecular formula is C9H8BrNS2. The predicted molar refractivity (Wildman–Crippen MR) is 65.7 cm³/mol. The number of nitrogens with two attached hydrogens (primary N) is 1. The van der Waals surface area contributed by atoms with E-state index in [1.807, 2.05) is 6.07 Å². The number of rotatable bonds is 1. The van der Waals surface area contributed by atoms with Gasteiger partial charge in [-0.3, -0.25) is 0 Å². The third-order valence-electron chi connectivity index (χ3n) is 1.88. The van der Waals surface area contributed by atoms with E-state index in [2.05, 4.69) is 33.6 Å². The van der Waals surface area contributed by atoms with Gasteiger partial charge in [0.1, 0.15) is 0 Å². The minimum Gasteiger partial charge on any atom is -0.398 e. The molecule has 0 atom stereocenters. The zero-order valence-corrected chi connectivity index (χ0v) is 10.2. The Balaban J connectivity index is 2.87. The molecule has 0 amide bonds. The molecule has 0 aliphatic rings. The van der Waals surface area contributed by atoms with Crippen LogP contribution in [0.15, 0.2) is 26.9 Å². The molecule has 2 N–H and O–H groups in total. The van der Waals surface area contributed by atoms with Crippen molar-refractivity contribution in [2.75, 3.05) is 12.0 Å². The molecule has 0 unspecified atom stereocenters. The van der Waals surface area contributed by atoms with Gasteiger partial charge in [0, 0.05) is 20.7 Å². The fourth-order valence-corrected chi connectivity index (χ4v) is 3.69. The molecule has 1 aromatic carbocycles. The minimum atomic E-state index is 0.819. The van der Waals surface area contributed by atoms with Crippen molar-refractivity contribution in [3.05, 3.63) is 22.0 Å². The van der Waals surface area contributed by atoms with Crippen LogP contribution in [-0.2, 0) is 0 Å². The van der Waals surface area contributed by atoms with Crippen LogP contribution in [0.3, 0.4) is 0 Å². The van der Waals surface area contributed by atoms with E-state index >= 15 is 0 Å². The van der Waals surface area contributed by atoms with Gasteiger partial charge in [-0.15, -0.1) is 23.1 Å². The normalized spacial score (nSPS) is 10.9. The lowest BCUT2D eigenvalue weighted by atomic mass is 10.2. The summed E-state index contributed by atoms with van der Waals surface area (Å²) in [6.07, 6.45) is 2.07. The van der Waals surface area contributed by atoms with E-state index in [9.17, 15) is 0 Å². The van der Waals surface area contributed by atoms with Gasteiger partial charge in [0.2, 0.25) is 0 Å². The van der Waals surface area contributed by atoms with Crippen LogP contribution in [0.25, 0.3) is 10.1 Å². The minimum absolute atomic E-state index is 0.819. The molecule has 13 heavy (non-hydrogen) atoms. The van der Waals surface area contributed by atoms with E-state index in [4.69, 9.17) is 5.73 Å². The molecular weight excluding hydrogens is 266 g/mol. The molecule has 0 radical (unpaired) electrons. The van der Waals surface area contributed by atoms with Gasteiger partial charge >= 0.3 is 0 Å². The van der Waals surface area contributed by atoms with E-state index in [0.717, 1.165) is 10.2 Å². The molecule has 4 heteroatoms. The van der Waals surface area contributed by atoms with Gasteiger partial charge in [-0.1, -0.05) is 0 Å². The lowest BCUT2D eigenvalue weighted by Crippen LogP contribution is -1.87. The fraction of sp³-hybridized carbons (Fsp3) is 0.111. The zero-order chi connectivity index (χ0) is 9.42. The van der Waals surface area contributed by atoms with Crippen molar-refractivity contribution < 1.29 is 0 Å². The predicted octanol–water partition coefficient (Wildman–Crippen LogP) is 3.97. The van der Waals surface area contributed by atoms with Crippen molar-refractivity contribution in [1.82, 2.24) is 0 Å². The Labute approximate surface area is 93.4 Å². The standard InChI is InChI=1S/C9H8BrNS2/c1-12-9-5-2-3-13-7(5)4-6(11)8(9)10/h2-4H,11H2,1H3. The fourth-order valence-electron chi connectivity index (χ4n) is 1.27. The van der Waals surface area contributed by atoms with Crippen LogP contribution in [0.2, 0.25) is 0 Å². The molecule has 0 aliphatic heterocycles. The molecule has 0 aliphatic carbocycles. The third-order valence-corrected chi connectivity index (χ3v) is 4.70. The number of hydrogen-bond donors (Lipinski definition) is 1. The molecule has 0 saturated heterocycles. The Morgan fingerprint density at radius 1 is 1.54 bits per heavy atom. The number of hydrogen-bond acceptors (Lipinski definition) is 3. The van der Waals surface area contributed by atoms with E-state index < -0.39 is 0 Å². The van der Waals surface area contributed by atoms with Crippen LogP contribution in [0.5, 0.6) is 0 Å². The maximum atomic E-state index is 5.87. The largest absolute Gasteiger partial charge is 0.398 e. The molecule has 2 rings (SSSR count). The van der Waals surface area contributed by atoms with Gasteiger partial charge in [-0.25, -0.2) is 0 Å². The number of halogens is 1. The number of fused-ring (bicyclic) bond motifs is 1. The number of benzene rings is 1. The second-order valence-corrected chi connectivity index (χ2v) is 5.20. The molecule has 1 nitrogen and oxygen atoms in total. The first-order chi connectivity index (χ1) is 6.24. The van der Waals surface area contributed by atoms with E-state index in [0.29, 0.717) is 0 Å². The summed E-state index contributed by atoms with van der Waals surface area (Å²) in [4.78, 5) is 1.23. The lowest BCUT2D eigenvalue weighted by Gasteiger charge is -2.05. The molecule has 0 saturated carbocycles. The summed E-state index contributed by atoms with van der Waals surface area (Å²) in [6, 6.07) is 4.15. The Morgan fingerprint density at radius 2 is 2.31 bits per heavy atom. The lowest BCUT2D eigenvalue weighted by molar-refractivity contribution is 1.50. The maximum absolute atomic E-state index is 5.87. The topological polar surface area (TPSA) is 26.0 Å². The van der Waals surface area contributed by atoms with Crippen molar-refractivity contribution in [1.29, 1.82) is 0 Å². The quantitative estimate of drug-likeness (QED) is 0.629. The van der Waals surface area contributed by atoms with Gasteiger partial charge in [0.25, 0.3) is 0 Å². The maximum Gasteiger partial charge on any atom is 0.0547 e. The highest BCUT2D eigenvalue weighted by molar-refractivity contribution is 9.10. The van der Waals surface area contributed by atoms with Crippen molar-refractivity contribution in [3.63, 3.8) is 0 Å². The van der Waals surface area contributed by atoms with E-state index in [1.165, 1.54) is 15.0 Å². The van der Waals surface area contributed by atoms with Crippen LogP contribution in [0, 0.1) is 0 Å². The Hall–Kier alpha value is -0.190. The van der Waals surface area contributed by atoms with Gasteiger partial charge in [-0.2, -0.15) is 0 Å². The first-order valence-electron chi connectivity index (χ1n) is 3.73. The highest BCUT2D eigenvalue weighted by Crippen LogP contribution is 2.39. The van der Waals surface area contributed by atoms with Crippen LogP contribution in [-0.4, -0.2) is 6.26 Å². The molecule has 2 aromatic rings. The average Bonchev–Trinajstić information content (AvgIpc) is 2.54. The summed E-state index contributed by atoms with van der Waals surface area (Å²) in [7, 11) is 0. The number of anilines is 1. The molecule has 0 spiro atoms. The van der Waals surface area contributed by atoms with Gasteiger partial charge in [0.05, 0.1) is 4.47 Å². The average molecular weight is 274 g/mol. The van der Waals surface area contributed by atoms with Crippen LogP contribution in [0.1, 0.15) is 0 Å². The second-order valence-electron chi connectivity index (χ2n) is 2.65. The van der Waals surface area contributed by atoms with Crippen molar-refractivity contribution in [2.45, 2.75) is 4.90 Å². The molecule has 1 heterocycles. The van der Waals surface area contributed by atoms with Crippen LogP contribution >= 0.6 is 39.0 Å². The zero-order valence-electron chi connectivity index (χ0n) is 7.00. The summed E-state index contributed by atoms with van der Waals surface area (Å²) >= 11 is 6.95. The smallest absolute Gasteiger partial charge is 0.0547 e. The summed E-state index contributed by atoms with van der Waals surface area (Å²) in [5.74, 6) is 0. The molecule has 0 bridgehead atoms. The number of thiophene rings is 1. The Bertz CT molecular complexity index is 450. The van der Waals surface area contributed by atoms with Crippen LogP contribution in [0.4, 0.5) is 5.69 Å². The highest BCUT2D eigenvalue weighted by Gasteiger charge is 2.08. The van der Waals surface area contributed by atoms with E-state index in [1.54, 1.807) is 23.1 Å². The first kappa shape index (κ1) is 9.37. The summed E-state index contributed by atoms with van der Waals surface area (Å²) < 4.78 is 2.27. The summed E-state index contributed by atoms with van der Waals surface area (Å²) in [5, 5.41) is 3.38. The molecule has 1 aromatic heterocycles. The molecule has 0 fully saturated rings. The Kier molecular flexibility index (Phi) is 2.53. The number of nitrogen functional groups attached to an aromatic ring is 1. The summed E-state index contributed by atoms with van der Waals surface area (Å²) in [5.41, 5.74) is 6.69.